The first-order valence-electron chi connectivity index (χ1n) is 10.4. The van der Waals surface area contributed by atoms with Crippen molar-refractivity contribution in [2.75, 3.05) is 19.7 Å². The Balaban J connectivity index is 1.43. The fourth-order valence-electron chi connectivity index (χ4n) is 4.06. The van der Waals surface area contributed by atoms with Crippen LogP contribution in [0.15, 0.2) is 34.5 Å². The predicted molar refractivity (Wildman–Crippen MR) is 119 cm³/mol. The molecule has 172 valence electrons. The molecule has 0 aliphatic carbocycles. The number of hydrogen-bond donors (Lipinski definition) is 1. The molecule has 1 unspecified atom stereocenters. The van der Waals surface area contributed by atoms with E-state index in [0.717, 1.165) is 27.4 Å². The largest absolute Gasteiger partial charge is 0.454 e. The van der Waals surface area contributed by atoms with Crippen LogP contribution in [0.1, 0.15) is 28.0 Å². The Hall–Kier alpha value is -2.27. The van der Waals surface area contributed by atoms with Gasteiger partial charge in [0.25, 0.3) is 5.91 Å². The molecule has 2 aliphatic heterocycles. The Labute approximate surface area is 191 Å². The summed E-state index contributed by atoms with van der Waals surface area (Å²) < 4.78 is 32.5. The smallest absolute Gasteiger partial charge is 0.325 e. The van der Waals surface area contributed by atoms with Gasteiger partial charge >= 0.3 is 5.97 Å². The van der Waals surface area contributed by atoms with E-state index in [9.17, 15) is 23.1 Å². The quantitative estimate of drug-likeness (QED) is 0.655. The fraction of sp³-hybridized carbons (Fsp3) is 0.455. The zero-order valence-corrected chi connectivity index (χ0v) is 19.6. The minimum absolute atomic E-state index is 0.0588. The van der Waals surface area contributed by atoms with E-state index in [0.29, 0.717) is 13.1 Å². The number of esters is 1. The number of carbonyl (C=O) groups is 2. The van der Waals surface area contributed by atoms with Crippen LogP contribution in [0.25, 0.3) is 0 Å². The van der Waals surface area contributed by atoms with Gasteiger partial charge in [0, 0.05) is 30.9 Å². The van der Waals surface area contributed by atoms with Gasteiger partial charge in [0.1, 0.15) is 6.04 Å². The third-order valence-electron chi connectivity index (χ3n) is 6.09. The number of β-amino-alcohol motifs (C(OH)–C–C–N with tert-alkyl or cyclic N) is 1. The minimum atomic E-state index is -4.01. The molecule has 2 aromatic rings. The number of carbonyl (C=O) groups excluding carboxylic acids is 2. The second-order valence-corrected chi connectivity index (χ2v) is 11.2. The van der Waals surface area contributed by atoms with E-state index in [1.54, 1.807) is 28.4 Å². The molecule has 4 rings (SSSR count). The highest BCUT2D eigenvalue weighted by atomic mass is 32.2. The van der Waals surface area contributed by atoms with E-state index in [1.807, 2.05) is 25.3 Å². The maximum atomic E-state index is 13.2. The lowest BCUT2D eigenvalue weighted by molar-refractivity contribution is -0.155. The summed E-state index contributed by atoms with van der Waals surface area (Å²) in [4.78, 5) is 28.2. The van der Waals surface area contributed by atoms with Crippen LogP contribution in [0.2, 0.25) is 0 Å². The van der Waals surface area contributed by atoms with Crippen molar-refractivity contribution in [1.29, 1.82) is 0 Å². The number of thiophene rings is 1. The number of aliphatic hydroxyl groups excluding tert-OH is 1. The number of nitrogens with zero attached hydrogens (tertiary/aromatic N) is 2. The van der Waals surface area contributed by atoms with Crippen LogP contribution < -0.4 is 0 Å². The first-order valence-corrected chi connectivity index (χ1v) is 12.8. The number of rotatable bonds is 5. The molecule has 1 N–H and O–H groups in total. The van der Waals surface area contributed by atoms with Gasteiger partial charge in [-0.05, 0) is 60.5 Å². The van der Waals surface area contributed by atoms with Gasteiger partial charge in [-0.1, -0.05) is 6.07 Å². The van der Waals surface area contributed by atoms with Crippen molar-refractivity contribution in [2.24, 2.45) is 0 Å². The van der Waals surface area contributed by atoms with E-state index in [1.165, 1.54) is 10.9 Å². The number of sulfonamides is 1. The molecule has 1 aromatic carbocycles. The van der Waals surface area contributed by atoms with Crippen molar-refractivity contribution in [3.05, 3.63) is 51.2 Å². The monoisotopic (exact) mass is 478 g/mol. The molecule has 2 aliphatic rings. The summed E-state index contributed by atoms with van der Waals surface area (Å²) in [6.07, 6.45) is -0.286. The molecule has 2 atom stereocenters. The number of ether oxygens (including phenoxy) is 1. The molecule has 3 heterocycles. The van der Waals surface area contributed by atoms with Crippen molar-refractivity contribution < 1.29 is 27.9 Å². The molecule has 10 heteroatoms. The van der Waals surface area contributed by atoms with Crippen LogP contribution in [0.4, 0.5) is 0 Å². The van der Waals surface area contributed by atoms with Crippen molar-refractivity contribution >= 4 is 33.2 Å². The van der Waals surface area contributed by atoms with Gasteiger partial charge in [0.2, 0.25) is 10.0 Å². The number of aliphatic hydroxyl groups is 1. The summed E-state index contributed by atoms with van der Waals surface area (Å²) in [5.41, 5.74) is 2.86. The molecule has 0 saturated carbocycles. The topological polar surface area (TPSA) is 104 Å². The number of aryl methyl sites for hydroxylation is 2. The standard InChI is InChI=1S/C22H26N2O6S2/c1-14-3-4-18(9-15(14)2)32(28,29)24-12-17(25)10-19(24)22(27)30-13-21(26)23-7-5-20-16(11-23)6-8-31-20/h3-4,6,8-9,17,19,25H,5,7,10-13H2,1-2H3/t17?,19-/m0/s1. The molecule has 32 heavy (non-hydrogen) atoms. The number of fused-ring (bicyclic) bond motifs is 1. The van der Waals surface area contributed by atoms with Crippen molar-refractivity contribution in [2.45, 2.75) is 50.3 Å². The highest BCUT2D eigenvalue weighted by Gasteiger charge is 2.44. The summed E-state index contributed by atoms with van der Waals surface area (Å²) in [5, 5.41) is 12.1. The van der Waals surface area contributed by atoms with E-state index in [-0.39, 0.29) is 23.8 Å². The normalized spacial score (nSPS) is 21.4. The third-order valence-corrected chi connectivity index (χ3v) is 8.98. The second-order valence-electron chi connectivity index (χ2n) is 8.27. The Kier molecular flexibility index (Phi) is 6.39. The molecule has 8 nitrogen and oxygen atoms in total. The van der Waals surface area contributed by atoms with Gasteiger partial charge in [0.15, 0.2) is 6.61 Å². The predicted octanol–water partition coefficient (Wildman–Crippen LogP) is 1.62. The molecule has 0 radical (unpaired) electrons. The van der Waals surface area contributed by atoms with Crippen LogP contribution in [-0.4, -0.2) is 66.4 Å². The maximum Gasteiger partial charge on any atom is 0.325 e. The maximum absolute atomic E-state index is 13.2. The molecule has 1 saturated heterocycles. The number of hydrogen-bond acceptors (Lipinski definition) is 7. The lowest BCUT2D eigenvalue weighted by atomic mass is 10.1. The summed E-state index contributed by atoms with van der Waals surface area (Å²) in [6.45, 7) is 4.07. The number of amides is 1. The Morgan fingerprint density at radius 2 is 2.00 bits per heavy atom. The minimum Gasteiger partial charge on any atom is -0.454 e. The van der Waals surface area contributed by atoms with Crippen LogP contribution in [0, 0.1) is 13.8 Å². The van der Waals surface area contributed by atoms with E-state index in [2.05, 4.69) is 0 Å². The summed E-state index contributed by atoms with van der Waals surface area (Å²) in [5.74, 6) is -1.15. The fourth-order valence-corrected chi connectivity index (χ4v) is 6.66. The first-order chi connectivity index (χ1) is 15.2. The molecule has 0 spiro atoms. The van der Waals surface area contributed by atoms with Gasteiger partial charge < -0.3 is 14.7 Å². The average molecular weight is 479 g/mol. The van der Waals surface area contributed by atoms with Crippen LogP contribution in [0.5, 0.6) is 0 Å². The van der Waals surface area contributed by atoms with Gasteiger partial charge in [-0.3, -0.25) is 9.59 Å². The molecule has 0 bridgehead atoms. The highest BCUT2D eigenvalue weighted by Crippen LogP contribution is 2.28. The molecule has 1 fully saturated rings. The molecule has 1 aromatic heterocycles. The van der Waals surface area contributed by atoms with Gasteiger partial charge in [-0.25, -0.2) is 8.42 Å². The lowest BCUT2D eigenvalue weighted by Crippen LogP contribution is -2.43. The van der Waals surface area contributed by atoms with Crippen LogP contribution in [0.3, 0.4) is 0 Å². The molecular weight excluding hydrogens is 452 g/mol. The highest BCUT2D eigenvalue weighted by molar-refractivity contribution is 7.89. The summed E-state index contributed by atoms with van der Waals surface area (Å²) >= 11 is 1.67. The van der Waals surface area contributed by atoms with E-state index < -0.39 is 34.7 Å². The molecule has 1 amide bonds. The Morgan fingerprint density at radius 1 is 1.22 bits per heavy atom. The second kappa shape index (κ2) is 8.93. The Morgan fingerprint density at radius 3 is 2.75 bits per heavy atom. The van der Waals surface area contributed by atoms with E-state index >= 15 is 0 Å². The zero-order chi connectivity index (χ0) is 23.0. The Bertz CT molecular complexity index is 1140. The number of benzene rings is 1. The summed E-state index contributed by atoms with van der Waals surface area (Å²) in [6, 6.07) is 5.56. The molecular formula is C22H26N2O6S2. The van der Waals surface area contributed by atoms with Crippen molar-refractivity contribution in [3.63, 3.8) is 0 Å². The van der Waals surface area contributed by atoms with Gasteiger partial charge in [-0.2, -0.15) is 4.31 Å². The third kappa shape index (κ3) is 4.45. The summed E-state index contributed by atoms with van der Waals surface area (Å²) in [7, 11) is -4.01. The van der Waals surface area contributed by atoms with E-state index in [4.69, 9.17) is 4.74 Å². The van der Waals surface area contributed by atoms with Crippen LogP contribution >= 0.6 is 11.3 Å². The SMILES string of the molecule is Cc1ccc(S(=O)(=O)N2CC(O)C[C@H]2C(=O)OCC(=O)N2CCc3sccc3C2)cc1C. The van der Waals surface area contributed by atoms with Crippen LogP contribution in [-0.2, 0) is 37.3 Å². The van der Waals surface area contributed by atoms with Crippen molar-refractivity contribution in [3.8, 4) is 0 Å². The van der Waals surface area contributed by atoms with Gasteiger partial charge in [0.05, 0.1) is 11.0 Å². The first kappa shape index (κ1) is 22.9. The average Bonchev–Trinajstić information content (AvgIpc) is 3.39. The van der Waals surface area contributed by atoms with Crippen molar-refractivity contribution in [1.82, 2.24) is 9.21 Å². The van der Waals surface area contributed by atoms with Gasteiger partial charge in [-0.15, -0.1) is 11.3 Å². The lowest BCUT2D eigenvalue weighted by Gasteiger charge is -2.27. The zero-order valence-electron chi connectivity index (χ0n) is 18.0.